The van der Waals surface area contributed by atoms with Crippen LogP contribution < -0.4 is 10.2 Å². The summed E-state index contributed by atoms with van der Waals surface area (Å²) in [5.41, 5.74) is 4.15. The van der Waals surface area contributed by atoms with Gasteiger partial charge in [0.1, 0.15) is 18.8 Å². The molecule has 0 aliphatic rings. The number of nitrogens with one attached hydrogen (secondary N) is 1. The van der Waals surface area contributed by atoms with Gasteiger partial charge in [-0.2, -0.15) is 10.4 Å². The highest BCUT2D eigenvalue weighted by Crippen LogP contribution is 2.27. The van der Waals surface area contributed by atoms with Gasteiger partial charge in [0, 0.05) is 10.0 Å². The molecule has 5 nitrogen and oxygen atoms in total. The van der Waals surface area contributed by atoms with E-state index in [1.165, 1.54) is 0 Å². The Bertz CT molecular complexity index is 1040. The number of hydrogen-bond donors (Lipinski definition) is 1. The highest BCUT2D eigenvalue weighted by Gasteiger charge is 2.08. The van der Waals surface area contributed by atoms with E-state index in [0.717, 1.165) is 26.4 Å². The molecule has 0 saturated heterocycles. The van der Waals surface area contributed by atoms with Crippen molar-refractivity contribution in [3.63, 3.8) is 0 Å². The lowest BCUT2D eigenvalue weighted by Crippen LogP contribution is -2.16. The molecule has 0 saturated carbocycles. The predicted octanol–water partition coefficient (Wildman–Crippen LogP) is 4.55. The average molecular weight is 422 g/mol. The second kappa shape index (κ2) is 8.97. The maximum Gasteiger partial charge on any atom is 0.254 e. The van der Waals surface area contributed by atoms with Crippen LogP contribution in [0.5, 0.6) is 5.75 Å². The van der Waals surface area contributed by atoms with Crippen LogP contribution in [0.3, 0.4) is 0 Å². The molecule has 1 amide bonds. The zero-order valence-electron chi connectivity index (χ0n) is 14.4. The normalized spacial score (nSPS) is 10.7. The minimum absolute atomic E-state index is 0.237. The molecule has 3 rings (SSSR count). The summed E-state index contributed by atoms with van der Waals surface area (Å²) < 4.78 is 7.00. The molecule has 3 aromatic carbocycles. The van der Waals surface area contributed by atoms with Crippen molar-refractivity contribution in [2.45, 2.75) is 13.0 Å². The first-order valence-electron chi connectivity index (χ1n) is 8.25. The van der Waals surface area contributed by atoms with Crippen LogP contribution in [0, 0.1) is 11.3 Å². The van der Waals surface area contributed by atoms with Crippen molar-refractivity contribution in [2.24, 2.45) is 5.10 Å². The Hall–Kier alpha value is -3.17. The van der Waals surface area contributed by atoms with Gasteiger partial charge < -0.3 is 4.74 Å². The summed E-state index contributed by atoms with van der Waals surface area (Å²) in [6.07, 6.45) is 1.31. The van der Waals surface area contributed by atoms with Crippen molar-refractivity contribution in [2.75, 3.05) is 0 Å². The Morgan fingerprint density at radius 2 is 2.04 bits per heavy atom. The van der Waals surface area contributed by atoms with Gasteiger partial charge in [-0.05, 0) is 34.5 Å². The average Bonchev–Trinajstić information content (AvgIpc) is 2.67. The van der Waals surface area contributed by atoms with Crippen LogP contribution in [-0.2, 0) is 11.4 Å². The zero-order valence-corrected chi connectivity index (χ0v) is 15.9. The first-order valence-corrected chi connectivity index (χ1v) is 9.04. The molecule has 0 radical (unpaired) electrons. The van der Waals surface area contributed by atoms with E-state index in [4.69, 9.17) is 10.00 Å². The molecule has 3 aromatic rings. The first-order chi connectivity index (χ1) is 13.2. The molecule has 0 atom stereocenters. The molecule has 1 N–H and O–H groups in total. The van der Waals surface area contributed by atoms with Crippen LogP contribution in [-0.4, -0.2) is 12.1 Å². The van der Waals surface area contributed by atoms with Gasteiger partial charge >= 0.3 is 0 Å². The van der Waals surface area contributed by atoms with Gasteiger partial charge in [-0.15, -0.1) is 0 Å². The SMILES string of the molecule is N#CCC(=O)NN=Cc1c(OCc2cccc(Br)c2)ccc2ccccc12. The Labute approximate surface area is 165 Å². The molecule has 0 unspecified atom stereocenters. The quantitative estimate of drug-likeness (QED) is 0.468. The molecule has 134 valence electrons. The van der Waals surface area contributed by atoms with Gasteiger partial charge in [-0.1, -0.05) is 58.4 Å². The van der Waals surface area contributed by atoms with E-state index in [0.29, 0.717) is 12.4 Å². The van der Waals surface area contributed by atoms with E-state index in [2.05, 4.69) is 26.5 Å². The highest BCUT2D eigenvalue weighted by atomic mass is 79.9. The third kappa shape index (κ3) is 4.93. The second-order valence-electron chi connectivity index (χ2n) is 5.75. The fourth-order valence-corrected chi connectivity index (χ4v) is 3.05. The summed E-state index contributed by atoms with van der Waals surface area (Å²) in [7, 11) is 0. The topological polar surface area (TPSA) is 74.5 Å². The fraction of sp³-hybridized carbons (Fsp3) is 0.0952. The molecule has 6 heteroatoms. The van der Waals surface area contributed by atoms with Gasteiger partial charge in [-0.25, -0.2) is 5.43 Å². The van der Waals surface area contributed by atoms with Crippen LogP contribution in [0.15, 0.2) is 70.2 Å². The van der Waals surface area contributed by atoms with Gasteiger partial charge in [0.2, 0.25) is 0 Å². The minimum Gasteiger partial charge on any atom is -0.488 e. The predicted molar refractivity (Wildman–Crippen MR) is 108 cm³/mol. The minimum atomic E-state index is -0.453. The Morgan fingerprint density at radius 1 is 1.19 bits per heavy atom. The van der Waals surface area contributed by atoms with Gasteiger partial charge in [-0.3, -0.25) is 4.79 Å². The molecule has 0 spiro atoms. The van der Waals surface area contributed by atoms with Crippen LogP contribution in [0.4, 0.5) is 0 Å². The molecule has 0 heterocycles. The van der Waals surface area contributed by atoms with Crippen molar-refractivity contribution >= 4 is 38.8 Å². The number of fused-ring (bicyclic) bond motifs is 1. The number of hydrazone groups is 1. The fourth-order valence-electron chi connectivity index (χ4n) is 2.60. The molecular formula is C21H16BrN3O2. The van der Waals surface area contributed by atoms with E-state index >= 15 is 0 Å². The summed E-state index contributed by atoms with van der Waals surface area (Å²) in [6, 6.07) is 21.4. The second-order valence-corrected chi connectivity index (χ2v) is 6.66. The van der Waals surface area contributed by atoms with Crippen LogP contribution in [0.1, 0.15) is 17.5 Å². The number of nitriles is 1. The van der Waals surface area contributed by atoms with Crippen molar-refractivity contribution in [1.82, 2.24) is 5.43 Å². The summed E-state index contributed by atoms with van der Waals surface area (Å²) in [4.78, 5) is 11.4. The van der Waals surface area contributed by atoms with E-state index < -0.39 is 5.91 Å². The Balaban J connectivity index is 1.88. The molecule has 27 heavy (non-hydrogen) atoms. The lowest BCUT2D eigenvalue weighted by molar-refractivity contribution is -0.120. The molecule has 0 aliphatic carbocycles. The van der Waals surface area contributed by atoms with E-state index in [9.17, 15) is 4.79 Å². The monoisotopic (exact) mass is 421 g/mol. The number of carbonyl (C=O) groups excluding carboxylic acids is 1. The molecule has 0 fully saturated rings. The largest absolute Gasteiger partial charge is 0.488 e. The Kier molecular flexibility index (Phi) is 6.18. The third-order valence-electron chi connectivity index (χ3n) is 3.84. The van der Waals surface area contributed by atoms with Gasteiger partial charge in [0.05, 0.1) is 12.3 Å². The number of amides is 1. The molecule has 0 aromatic heterocycles. The molecule has 0 bridgehead atoms. The first kappa shape index (κ1) is 18.6. The Morgan fingerprint density at radius 3 is 2.85 bits per heavy atom. The molecule has 0 aliphatic heterocycles. The van der Waals surface area contributed by atoms with Crippen LogP contribution in [0.2, 0.25) is 0 Å². The molecular weight excluding hydrogens is 406 g/mol. The number of benzene rings is 3. The maximum absolute atomic E-state index is 11.4. The number of carbonyl (C=O) groups is 1. The van der Waals surface area contributed by atoms with Crippen molar-refractivity contribution in [1.29, 1.82) is 5.26 Å². The number of halogens is 1. The number of hydrogen-bond acceptors (Lipinski definition) is 4. The summed E-state index contributed by atoms with van der Waals surface area (Å²) in [5, 5.41) is 14.5. The number of ether oxygens (including phenoxy) is 1. The summed E-state index contributed by atoms with van der Waals surface area (Å²) in [5.74, 6) is 0.206. The lowest BCUT2D eigenvalue weighted by Gasteiger charge is -2.12. The summed E-state index contributed by atoms with van der Waals surface area (Å²) >= 11 is 3.46. The van der Waals surface area contributed by atoms with Crippen molar-refractivity contribution < 1.29 is 9.53 Å². The third-order valence-corrected chi connectivity index (χ3v) is 4.33. The summed E-state index contributed by atoms with van der Waals surface area (Å²) in [6.45, 7) is 0.402. The van der Waals surface area contributed by atoms with E-state index in [1.54, 1.807) is 12.3 Å². The van der Waals surface area contributed by atoms with E-state index in [1.807, 2.05) is 60.7 Å². The van der Waals surface area contributed by atoms with Crippen LogP contribution in [0.25, 0.3) is 10.8 Å². The standard InChI is InChI=1S/C21H16BrN3O2/c22-17-6-3-4-15(12-17)14-27-20-9-8-16-5-1-2-7-18(16)19(20)13-24-25-21(26)10-11-23/h1-9,12-13H,10,14H2,(H,25,26). The zero-order chi connectivity index (χ0) is 19.1. The van der Waals surface area contributed by atoms with Gasteiger partial charge in [0.25, 0.3) is 5.91 Å². The number of rotatable bonds is 6. The lowest BCUT2D eigenvalue weighted by atomic mass is 10.0. The number of nitrogens with zero attached hydrogens (tertiary/aromatic N) is 2. The van der Waals surface area contributed by atoms with Crippen molar-refractivity contribution in [3.8, 4) is 11.8 Å². The smallest absolute Gasteiger partial charge is 0.254 e. The van der Waals surface area contributed by atoms with Gasteiger partial charge in [0.15, 0.2) is 0 Å². The van der Waals surface area contributed by atoms with E-state index in [-0.39, 0.29) is 6.42 Å². The highest BCUT2D eigenvalue weighted by molar-refractivity contribution is 9.10. The maximum atomic E-state index is 11.4. The van der Waals surface area contributed by atoms with Crippen molar-refractivity contribution in [3.05, 3.63) is 76.3 Å². The van der Waals surface area contributed by atoms with Crippen LogP contribution >= 0.6 is 15.9 Å².